The fourth-order valence-corrected chi connectivity index (χ4v) is 5.29. The zero-order valence-corrected chi connectivity index (χ0v) is 19.5. The minimum absolute atomic E-state index is 0.149. The summed E-state index contributed by atoms with van der Waals surface area (Å²) in [4.78, 5) is 25.7. The van der Waals surface area contributed by atoms with E-state index < -0.39 is 18.1 Å². The quantitative estimate of drug-likeness (QED) is 0.392. The second-order valence-electron chi connectivity index (χ2n) is 8.78. The summed E-state index contributed by atoms with van der Waals surface area (Å²) < 4.78 is 10.7. The van der Waals surface area contributed by atoms with Crippen LogP contribution in [0.15, 0.2) is 109 Å². The van der Waals surface area contributed by atoms with Crippen molar-refractivity contribution in [3.63, 3.8) is 0 Å². The van der Waals surface area contributed by atoms with Crippen LogP contribution < -0.4 is 5.32 Å². The lowest BCUT2D eigenvalue weighted by Crippen LogP contribution is -2.46. The molecule has 5 heteroatoms. The molecule has 1 N–H and O–H groups in total. The largest absolute Gasteiger partial charge is 0.469 e. The van der Waals surface area contributed by atoms with Crippen LogP contribution in [-0.4, -0.2) is 25.2 Å². The molecule has 35 heavy (non-hydrogen) atoms. The second kappa shape index (κ2) is 10.0. The van der Waals surface area contributed by atoms with Crippen molar-refractivity contribution in [3.05, 3.63) is 125 Å². The number of hydrogen-bond acceptors (Lipinski definition) is 4. The van der Waals surface area contributed by atoms with Crippen molar-refractivity contribution in [1.29, 1.82) is 0 Å². The molecule has 1 fully saturated rings. The van der Waals surface area contributed by atoms with Gasteiger partial charge in [-0.2, -0.15) is 0 Å². The van der Waals surface area contributed by atoms with Crippen LogP contribution in [0.1, 0.15) is 16.7 Å². The molecule has 0 radical (unpaired) electrons. The first-order valence-corrected chi connectivity index (χ1v) is 11.8. The minimum Gasteiger partial charge on any atom is -0.469 e. The number of allylic oxidation sites excluding steroid dienone is 1. The van der Waals surface area contributed by atoms with E-state index >= 15 is 0 Å². The Kier molecular flexibility index (Phi) is 6.49. The maximum atomic E-state index is 12.9. The van der Waals surface area contributed by atoms with Gasteiger partial charge >= 0.3 is 12.1 Å². The van der Waals surface area contributed by atoms with Gasteiger partial charge in [0, 0.05) is 11.8 Å². The van der Waals surface area contributed by atoms with Gasteiger partial charge in [0.2, 0.25) is 0 Å². The lowest BCUT2D eigenvalue weighted by atomic mass is 9.86. The Morgan fingerprint density at radius 3 is 1.89 bits per heavy atom. The van der Waals surface area contributed by atoms with Crippen molar-refractivity contribution in [2.24, 2.45) is 17.8 Å². The molecule has 0 aromatic heterocycles. The van der Waals surface area contributed by atoms with Gasteiger partial charge in [-0.05, 0) is 27.8 Å². The lowest BCUT2D eigenvalue weighted by molar-refractivity contribution is -0.146. The van der Waals surface area contributed by atoms with Crippen molar-refractivity contribution in [2.45, 2.75) is 12.6 Å². The number of hydrogen-bond donors (Lipinski definition) is 1. The Morgan fingerprint density at radius 2 is 1.31 bits per heavy atom. The summed E-state index contributed by atoms with van der Waals surface area (Å²) in [7, 11) is 1.39. The number of fused-ring (bicyclic) bond motifs is 2. The van der Waals surface area contributed by atoms with E-state index in [2.05, 4.69) is 41.7 Å². The van der Waals surface area contributed by atoms with Crippen LogP contribution in [0.2, 0.25) is 0 Å². The van der Waals surface area contributed by atoms with Gasteiger partial charge in [-0.15, -0.1) is 0 Å². The Labute approximate surface area is 205 Å². The maximum Gasteiger partial charge on any atom is 0.407 e. The Bertz CT molecular complexity index is 1210. The lowest BCUT2D eigenvalue weighted by Gasteiger charge is -2.25. The predicted octanol–water partition coefficient (Wildman–Crippen LogP) is 5.39. The van der Waals surface area contributed by atoms with Crippen molar-refractivity contribution in [2.75, 3.05) is 7.11 Å². The van der Waals surface area contributed by atoms with Gasteiger partial charge in [0.1, 0.15) is 6.61 Å². The molecule has 0 spiro atoms. The van der Waals surface area contributed by atoms with Crippen molar-refractivity contribution in [1.82, 2.24) is 5.32 Å². The number of ether oxygens (including phenoxy) is 2. The Hall–Kier alpha value is -4.12. The van der Waals surface area contributed by atoms with Crippen molar-refractivity contribution in [3.8, 4) is 0 Å². The van der Waals surface area contributed by atoms with Gasteiger partial charge in [0.25, 0.3) is 0 Å². The van der Waals surface area contributed by atoms with Gasteiger partial charge in [-0.1, -0.05) is 103 Å². The van der Waals surface area contributed by atoms with Crippen LogP contribution in [-0.2, 0) is 20.9 Å². The Morgan fingerprint density at radius 1 is 0.771 bits per heavy atom. The van der Waals surface area contributed by atoms with Crippen LogP contribution in [0.5, 0.6) is 0 Å². The average Bonchev–Trinajstić information content (AvgIpc) is 3.45. The molecule has 2 bridgehead atoms. The molecule has 1 saturated carbocycles. The van der Waals surface area contributed by atoms with E-state index in [1.165, 1.54) is 7.11 Å². The number of carbonyl (C=O) groups excluding carboxylic acids is 2. The summed E-state index contributed by atoms with van der Waals surface area (Å²) in [5, 5.41) is 2.99. The van der Waals surface area contributed by atoms with E-state index in [4.69, 9.17) is 9.47 Å². The van der Waals surface area contributed by atoms with E-state index in [0.29, 0.717) is 0 Å². The molecule has 3 aromatic rings. The fourth-order valence-electron chi connectivity index (χ4n) is 5.29. The van der Waals surface area contributed by atoms with E-state index in [1.807, 2.05) is 66.7 Å². The molecule has 0 heterocycles. The predicted molar refractivity (Wildman–Crippen MR) is 134 cm³/mol. The smallest absolute Gasteiger partial charge is 0.407 e. The van der Waals surface area contributed by atoms with Crippen LogP contribution in [0.25, 0.3) is 5.57 Å². The number of nitrogens with one attached hydrogen (secondary N) is 1. The molecule has 5 rings (SSSR count). The van der Waals surface area contributed by atoms with E-state index in [1.54, 1.807) is 0 Å². The van der Waals surface area contributed by atoms with Crippen LogP contribution in [0.3, 0.4) is 0 Å². The summed E-state index contributed by atoms with van der Waals surface area (Å²) in [5.74, 6) is -1.20. The third kappa shape index (κ3) is 4.50. The Balaban J connectivity index is 1.50. The highest BCUT2D eigenvalue weighted by molar-refractivity contribution is 5.87. The molecule has 2 aliphatic rings. The summed E-state index contributed by atoms with van der Waals surface area (Å²) >= 11 is 0. The number of rotatable bonds is 6. The third-order valence-electron chi connectivity index (χ3n) is 6.79. The zero-order chi connectivity index (χ0) is 24.2. The number of alkyl carbamates (subject to hydrolysis) is 1. The van der Waals surface area contributed by atoms with E-state index in [9.17, 15) is 9.59 Å². The first-order valence-electron chi connectivity index (χ1n) is 11.8. The monoisotopic (exact) mass is 465 g/mol. The summed E-state index contributed by atoms with van der Waals surface area (Å²) in [5.41, 5.74) is 5.25. The highest BCUT2D eigenvalue weighted by Crippen LogP contribution is 2.52. The van der Waals surface area contributed by atoms with Gasteiger partial charge < -0.3 is 14.8 Å². The minimum atomic E-state index is -0.547. The van der Waals surface area contributed by atoms with Gasteiger partial charge in [-0.3, -0.25) is 4.79 Å². The summed E-state index contributed by atoms with van der Waals surface area (Å²) in [6.07, 6.45) is 3.61. The topological polar surface area (TPSA) is 64.6 Å². The van der Waals surface area contributed by atoms with E-state index in [-0.39, 0.29) is 24.4 Å². The van der Waals surface area contributed by atoms with Crippen LogP contribution >= 0.6 is 0 Å². The summed E-state index contributed by atoms with van der Waals surface area (Å²) in [6.45, 7) is 0.161. The molecule has 4 atom stereocenters. The van der Waals surface area contributed by atoms with E-state index in [0.717, 1.165) is 27.8 Å². The standard InChI is InChI=1S/C30H27NO4/c1-34-29(32)27-23-17-18-24(28(27)31-30(33)35-19-20-11-5-2-6-12-20)26(23)25(21-13-7-3-8-14-21)22-15-9-4-10-16-22/h2-18,23-24,27-28H,19H2,1H3,(H,31,33)/t23-,24+,27-,28?/m0/s1. The molecule has 176 valence electrons. The highest BCUT2D eigenvalue weighted by atomic mass is 16.5. The van der Waals surface area contributed by atoms with Crippen molar-refractivity contribution >= 4 is 17.6 Å². The number of methoxy groups -OCH3 is 1. The molecular weight excluding hydrogens is 438 g/mol. The van der Waals surface area contributed by atoms with Gasteiger partial charge in [-0.25, -0.2) is 4.79 Å². The molecule has 2 aliphatic carbocycles. The SMILES string of the molecule is COC(=O)[C@@H]1C(NC(=O)OCc2ccccc2)[C@@H]2C=C[C@H]1C2=C(c1ccccc1)c1ccccc1. The number of carbonyl (C=O) groups is 2. The van der Waals surface area contributed by atoms with Gasteiger partial charge in [0.15, 0.2) is 0 Å². The highest BCUT2D eigenvalue weighted by Gasteiger charge is 2.54. The number of benzene rings is 3. The fraction of sp³-hybridized carbons (Fsp3) is 0.200. The van der Waals surface area contributed by atoms with Crippen LogP contribution in [0.4, 0.5) is 4.79 Å². The van der Waals surface area contributed by atoms with Crippen LogP contribution in [0, 0.1) is 17.8 Å². The second-order valence-corrected chi connectivity index (χ2v) is 8.78. The third-order valence-corrected chi connectivity index (χ3v) is 6.79. The van der Waals surface area contributed by atoms with Gasteiger partial charge in [0.05, 0.1) is 19.1 Å². The molecule has 0 saturated heterocycles. The maximum absolute atomic E-state index is 12.9. The zero-order valence-electron chi connectivity index (χ0n) is 19.5. The number of amides is 1. The normalized spacial score (nSPS) is 22.0. The molecule has 1 unspecified atom stereocenters. The van der Waals surface area contributed by atoms with Crippen molar-refractivity contribution < 1.29 is 19.1 Å². The molecule has 1 amide bonds. The summed E-state index contributed by atoms with van der Waals surface area (Å²) in [6, 6.07) is 29.4. The molecule has 0 aliphatic heterocycles. The average molecular weight is 466 g/mol. The molecular formula is C30H27NO4. The first kappa shape index (κ1) is 22.7. The molecule has 5 nitrogen and oxygen atoms in total. The molecule has 3 aromatic carbocycles. The number of esters is 1. The first-order chi connectivity index (χ1) is 17.2.